The second kappa shape index (κ2) is 9.98. The highest BCUT2D eigenvalue weighted by Crippen LogP contribution is 2.20. The summed E-state index contributed by atoms with van der Waals surface area (Å²) in [6.45, 7) is 1.25. The Hall–Kier alpha value is -3.15. The molecule has 1 amide bonds. The maximum Gasteiger partial charge on any atom is 0.289 e. The zero-order valence-corrected chi connectivity index (χ0v) is 18.5. The van der Waals surface area contributed by atoms with Crippen molar-refractivity contribution in [1.29, 1.82) is 0 Å². The number of sulfonamides is 1. The number of pyridine rings is 1. The van der Waals surface area contributed by atoms with Crippen LogP contribution < -0.4 is 15.6 Å². The summed E-state index contributed by atoms with van der Waals surface area (Å²) in [7, 11) is -3.85. The van der Waals surface area contributed by atoms with Crippen LogP contribution in [0.1, 0.15) is 11.3 Å². The first-order valence-corrected chi connectivity index (χ1v) is 11.2. The van der Waals surface area contributed by atoms with E-state index in [1.165, 1.54) is 12.1 Å². The molecule has 12 heteroatoms. The number of aryl methyl sites for hydroxylation is 1. The zero-order valence-electron chi connectivity index (χ0n) is 16.9. The van der Waals surface area contributed by atoms with Crippen LogP contribution in [-0.4, -0.2) is 35.6 Å². The first kappa shape index (κ1) is 23.5. The average Bonchev–Trinajstić information content (AvgIpc) is 2.76. The lowest BCUT2D eigenvalue weighted by atomic mass is 10.2. The van der Waals surface area contributed by atoms with Gasteiger partial charge in [-0.25, -0.2) is 22.2 Å². The number of rotatable bonds is 8. The van der Waals surface area contributed by atoms with E-state index in [1.54, 1.807) is 31.3 Å². The second-order valence-electron chi connectivity index (χ2n) is 6.77. The van der Waals surface area contributed by atoms with Crippen LogP contribution in [0, 0.1) is 12.7 Å². The average molecular weight is 480 g/mol. The van der Waals surface area contributed by atoms with Gasteiger partial charge in [-0.3, -0.25) is 14.6 Å². The molecule has 0 bridgehead atoms. The summed E-state index contributed by atoms with van der Waals surface area (Å²) < 4.78 is 41.9. The Kier molecular flexibility index (Phi) is 7.33. The van der Waals surface area contributed by atoms with Gasteiger partial charge >= 0.3 is 0 Å². The van der Waals surface area contributed by atoms with E-state index < -0.39 is 38.9 Å². The number of nitrogens with one attached hydrogen (secondary N) is 2. The summed E-state index contributed by atoms with van der Waals surface area (Å²) in [5, 5.41) is 5.35. The third-order valence-electron chi connectivity index (χ3n) is 4.40. The van der Waals surface area contributed by atoms with Gasteiger partial charge < -0.3 is 5.32 Å². The summed E-state index contributed by atoms with van der Waals surface area (Å²) in [6.07, 6.45) is 2.77. The van der Waals surface area contributed by atoms with Crippen LogP contribution in [0.4, 0.5) is 10.1 Å². The minimum absolute atomic E-state index is 0.00330. The molecule has 2 heterocycles. The van der Waals surface area contributed by atoms with Crippen molar-refractivity contribution in [3.63, 3.8) is 0 Å². The van der Waals surface area contributed by atoms with Gasteiger partial charge in [-0.1, -0.05) is 23.7 Å². The number of hydrogen-bond acceptors (Lipinski definition) is 6. The molecule has 3 rings (SSSR count). The van der Waals surface area contributed by atoms with Crippen LogP contribution in [0.2, 0.25) is 5.02 Å². The highest BCUT2D eigenvalue weighted by molar-refractivity contribution is 7.89. The molecule has 0 unspecified atom stereocenters. The molecule has 3 aromatic rings. The molecular formula is C20H19ClFN5O4S. The summed E-state index contributed by atoms with van der Waals surface area (Å²) in [5.41, 5.74) is 0.479. The standard InChI is InChI=1S/C20H19ClFN5O4S/c1-13-5-6-15(26-18(28)12-27-20(29)19(21)16(22)11-24-27)10-17(13)32(30,31)25-9-7-14-4-2-3-8-23-14/h2-6,8,10-11,25H,7,9,12H2,1H3,(H,26,28). The third kappa shape index (κ3) is 5.75. The number of anilines is 1. The number of aromatic nitrogens is 3. The Balaban J connectivity index is 1.70. The fourth-order valence-corrected chi connectivity index (χ4v) is 4.25. The smallest absolute Gasteiger partial charge is 0.289 e. The van der Waals surface area contributed by atoms with Crippen LogP contribution in [0.15, 0.2) is 58.5 Å². The molecule has 9 nitrogen and oxygen atoms in total. The molecule has 1 aromatic carbocycles. The molecule has 0 atom stereocenters. The van der Waals surface area contributed by atoms with Crippen LogP contribution >= 0.6 is 11.6 Å². The molecule has 0 spiro atoms. The van der Waals surface area contributed by atoms with Gasteiger partial charge in [-0.05, 0) is 36.8 Å². The topological polar surface area (TPSA) is 123 Å². The Bertz CT molecular complexity index is 1300. The van der Waals surface area contributed by atoms with Gasteiger partial charge in [0, 0.05) is 30.5 Å². The molecule has 32 heavy (non-hydrogen) atoms. The maximum absolute atomic E-state index is 13.2. The van der Waals surface area contributed by atoms with E-state index in [1.807, 2.05) is 6.07 Å². The monoisotopic (exact) mass is 479 g/mol. The minimum atomic E-state index is -3.85. The normalized spacial score (nSPS) is 11.3. The fraction of sp³-hybridized carbons (Fsp3) is 0.200. The highest BCUT2D eigenvalue weighted by Gasteiger charge is 2.18. The number of carbonyl (C=O) groups excluding carboxylic acids is 1. The fourth-order valence-electron chi connectivity index (χ4n) is 2.80. The van der Waals surface area contributed by atoms with E-state index in [0.29, 0.717) is 16.7 Å². The van der Waals surface area contributed by atoms with Crippen molar-refractivity contribution in [3.8, 4) is 0 Å². The van der Waals surface area contributed by atoms with E-state index in [4.69, 9.17) is 11.6 Å². The molecular weight excluding hydrogens is 461 g/mol. The quantitative estimate of drug-likeness (QED) is 0.508. The number of halogens is 2. The lowest BCUT2D eigenvalue weighted by Gasteiger charge is -2.12. The second-order valence-corrected chi connectivity index (χ2v) is 8.88. The molecule has 0 aliphatic carbocycles. The number of hydrogen-bond donors (Lipinski definition) is 2. The van der Waals surface area contributed by atoms with Crippen molar-refractivity contribution in [2.45, 2.75) is 24.8 Å². The Morgan fingerprint density at radius 3 is 2.75 bits per heavy atom. The van der Waals surface area contributed by atoms with Crippen LogP contribution in [-0.2, 0) is 27.8 Å². The van der Waals surface area contributed by atoms with Crippen molar-refractivity contribution in [3.05, 3.63) is 81.2 Å². The van der Waals surface area contributed by atoms with Gasteiger partial charge in [0.25, 0.3) is 5.56 Å². The molecule has 0 radical (unpaired) electrons. The van der Waals surface area contributed by atoms with E-state index >= 15 is 0 Å². The molecule has 2 N–H and O–H groups in total. The maximum atomic E-state index is 13.2. The molecule has 0 saturated carbocycles. The predicted octanol–water partition coefficient (Wildman–Crippen LogP) is 1.90. The van der Waals surface area contributed by atoms with Crippen LogP contribution in [0.25, 0.3) is 0 Å². The lowest BCUT2D eigenvalue weighted by Crippen LogP contribution is -2.30. The first-order valence-electron chi connectivity index (χ1n) is 9.38. The SMILES string of the molecule is Cc1ccc(NC(=O)Cn2ncc(F)c(Cl)c2=O)cc1S(=O)(=O)NCCc1ccccn1. The zero-order chi connectivity index (χ0) is 23.3. The van der Waals surface area contributed by atoms with Crippen LogP contribution in [0.5, 0.6) is 0 Å². The van der Waals surface area contributed by atoms with E-state index in [9.17, 15) is 22.4 Å². The van der Waals surface area contributed by atoms with Gasteiger partial charge in [0.15, 0.2) is 5.82 Å². The third-order valence-corrected chi connectivity index (χ3v) is 6.34. The van der Waals surface area contributed by atoms with Gasteiger partial charge in [-0.15, -0.1) is 0 Å². The lowest BCUT2D eigenvalue weighted by molar-refractivity contribution is -0.117. The molecule has 2 aromatic heterocycles. The van der Waals surface area contributed by atoms with E-state index in [0.717, 1.165) is 11.9 Å². The minimum Gasteiger partial charge on any atom is -0.324 e. The molecule has 0 aliphatic rings. The van der Waals surface area contributed by atoms with E-state index in [2.05, 4.69) is 20.1 Å². The number of benzene rings is 1. The molecule has 168 valence electrons. The summed E-state index contributed by atoms with van der Waals surface area (Å²) in [6, 6.07) is 9.76. The number of carbonyl (C=O) groups is 1. The number of nitrogens with zero attached hydrogens (tertiary/aromatic N) is 3. The van der Waals surface area contributed by atoms with Gasteiger partial charge in [0.1, 0.15) is 11.6 Å². The first-order chi connectivity index (χ1) is 15.2. The molecule has 0 aliphatic heterocycles. The summed E-state index contributed by atoms with van der Waals surface area (Å²) in [5.74, 6) is -1.66. The molecule has 0 fully saturated rings. The van der Waals surface area contributed by atoms with Gasteiger partial charge in [0.2, 0.25) is 15.9 Å². The predicted molar refractivity (Wildman–Crippen MR) is 116 cm³/mol. The van der Waals surface area contributed by atoms with Crippen molar-refractivity contribution >= 4 is 33.2 Å². The summed E-state index contributed by atoms with van der Waals surface area (Å²) >= 11 is 5.54. The van der Waals surface area contributed by atoms with Crippen molar-refractivity contribution in [2.24, 2.45) is 0 Å². The van der Waals surface area contributed by atoms with Crippen molar-refractivity contribution in [2.75, 3.05) is 11.9 Å². The Morgan fingerprint density at radius 2 is 2.03 bits per heavy atom. The van der Waals surface area contributed by atoms with E-state index in [-0.39, 0.29) is 17.1 Å². The Morgan fingerprint density at radius 1 is 1.25 bits per heavy atom. The molecule has 0 saturated heterocycles. The van der Waals surface area contributed by atoms with Gasteiger partial charge in [0.05, 0.1) is 11.1 Å². The van der Waals surface area contributed by atoms with Gasteiger partial charge in [-0.2, -0.15) is 5.10 Å². The van der Waals surface area contributed by atoms with Crippen LogP contribution in [0.3, 0.4) is 0 Å². The number of amides is 1. The highest BCUT2D eigenvalue weighted by atomic mass is 35.5. The van der Waals surface area contributed by atoms with Crippen molar-refractivity contribution < 1.29 is 17.6 Å². The Labute approximate surface area is 188 Å². The summed E-state index contributed by atoms with van der Waals surface area (Å²) in [4.78, 5) is 28.3. The largest absolute Gasteiger partial charge is 0.324 e. The van der Waals surface area contributed by atoms with Crippen molar-refractivity contribution in [1.82, 2.24) is 19.5 Å².